The van der Waals surface area contributed by atoms with Gasteiger partial charge in [-0.3, -0.25) is 0 Å². The SMILES string of the molecule is CNc1ccc(-c2ccccc2F)c(F)c1. The normalized spacial score (nSPS) is 10.2. The molecule has 0 aromatic heterocycles. The summed E-state index contributed by atoms with van der Waals surface area (Å²) in [5.41, 5.74) is 1.22. The summed E-state index contributed by atoms with van der Waals surface area (Å²) in [5, 5.41) is 2.83. The lowest BCUT2D eigenvalue weighted by molar-refractivity contribution is 0.616. The summed E-state index contributed by atoms with van der Waals surface area (Å²) in [6.07, 6.45) is 0. The average Bonchev–Trinajstić information content (AvgIpc) is 2.30. The van der Waals surface area contributed by atoms with E-state index in [0.717, 1.165) is 0 Å². The summed E-state index contributed by atoms with van der Waals surface area (Å²) >= 11 is 0. The van der Waals surface area contributed by atoms with Gasteiger partial charge in [0.2, 0.25) is 0 Å². The summed E-state index contributed by atoms with van der Waals surface area (Å²) in [7, 11) is 1.71. The second kappa shape index (κ2) is 4.31. The average molecular weight is 219 g/mol. The van der Waals surface area contributed by atoms with Crippen molar-refractivity contribution in [3.05, 3.63) is 54.1 Å². The van der Waals surface area contributed by atoms with Crippen molar-refractivity contribution in [3.63, 3.8) is 0 Å². The van der Waals surface area contributed by atoms with Gasteiger partial charge in [0.1, 0.15) is 11.6 Å². The van der Waals surface area contributed by atoms with E-state index in [1.165, 1.54) is 12.1 Å². The molecule has 0 unspecified atom stereocenters. The van der Waals surface area contributed by atoms with Crippen molar-refractivity contribution in [2.75, 3.05) is 12.4 Å². The number of benzene rings is 2. The zero-order valence-electron chi connectivity index (χ0n) is 8.80. The molecule has 82 valence electrons. The standard InChI is InChI=1S/C13H11F2N/c1-16-9-6-7-11(13(15)8-9)10-4-2-3-5-12(10)14/h2-8,16H,1H3. The van der Waals surface area contributed by atoms with Crippen LogP contribution in [0.5, 0.6) is 0 Å². The summed E-state index contributed by atoms with van der Waals surface area (Å²) in [4.78, 5) is 0. The molecule has 0 fully saturated rings. The van der Waals surface area contributed by atoms with Crippen LogP contribution in [0, 0.1) is 11.6 Å². The molecule has 0 amide bonds. The van der Waals surface area contributed by atoms with Crippen LogP contribution < -0.4 is 5.32 Å². The van der Waals surface area contributed by atoms with Gasteiger partial charge in [-0.25, -0.2) is 8.78 Å². The fourth-order valence-corrected chi connectivity index (χ4v) is 1.57. The third kappa shape index (κ3) is 1.89. The molecule has 0 heterocycles. The molecule has 0 aliphatic heterocycles. The largest absolute Gasteiger partial charge is 0.388 e. The number of rotatable bonds is 2. The predicted octanol–water partition coefficient (Wildman–Crippen LogP) is 3.67. The molecule has 0 saturated heterocycles. The number of anilines is 1. The minimum atomic E-state index is -0.433. The van der Waals surface area contributed by atoms with Crippen LogP contribution >= 0.6 is 0 Å². The molecular formula is C13H11F2N. The fourth-order valence-electron chi connectivity index (χ4n) is 1.57. The molecule has 0 aliphatic rings. The van der Waals surface area contributed by atoms with Gasteiger partial charge in [-0.05, 0) is 24.3 Å². The summed E-state index contributed by atoms with van der Waals surface area (Å²) in [6, 6.07) is 10.8. The zero-order valence-corrected chi connectivity index (χ0v) is 8.80. The Balaban J connectivity index is 2.53. The van der Waals surface area contributed by atoms with Crippen LogP contribution in [0.4, 0.5) is 14.5 Å². The Bertz CT molecular complexity index is 509. The Morgan fingerprint density at radius 3 is 2.19 bits per heavy atom. The maximum absolute atomic E-state index is 13.7. The van der Waals surface area contributed by atoms with Gasteiger partial charge in [0.25, 0.3) is 0 Å². The summed E-state index contributed by atoms with van der Waals surface area (Å²) < 4.78 is 27.2. The van der Waals surface area contributed by atoms with Crippen molar-refractivity contribution in [2.45, 2.75) is 0 Å². The first-order valence-electron chi connectivity index (χ1n) is 4.94. The number of nitrogens with one attached hydrogen (secondary N) is 1. The first kappa shape index (κ1) is 10.6. The highest BCUT2D eigenvalue weighted by molar-refractivity contribution is 5.67. The van der Waals surface area contributed by atoms with E-state index in [1.54, 1.807) is 37.4 Å². The van der Waals surface area contributed by atoms with Gasteiger partial charge < -0.3 is 5.32 Å². The van der Waals surface area contributed by atoms with Gasteiger partial charge in [-0.2, -0.15) is 0 Å². The Morgan fingerprint density at radius 1 is 0.875 bits per heavy atom. The van der Waals surface area contributed by atoms with Crippen molar-refractivity contribution in [2.24, 2.45) is 0 Å². The zero-order chi connectivity index (χ0) is 11.5. The Kier molecular flexibility index (Phi) is 2.86. The second-order valence-corrected chi connectivity index (χ2v) is 3.42. The van der Waals surface area contributed by atoms with Crippen LogP contribution in [0.25, 0.3) is 11.1 Å². The molecule has 0 aliphatic carbocycles. The molecule has 16 heavy (non-hydrogen) atoms. The minimum absolute atomic E-state index is 0.275. The van der Waals surface area contributed by atoms with Crippen LogP contribution in [0.15, 0.2) is 42.5 Å². The van der Waals surface area contributed by atoms with E-state index in [-0.39, 0.29) is 11.1 Å². The van der Waals surface area contributed by atoms with Crippen molar-refractivity contribution in [1.82, 2.24) is 0 Å². The topological polar surface area (TPSA) is 12.0 Å². The lowest BCUT2D eigenvalue weighted by Crippen LogP contribution is -1.92. The third-order valence-electron chi connectivity index (χ3n) is 2.42. The maximum Gasteiger partial charge on any atom is 0.133 e. The molecule has 0 saturated carbocycles. The monoisotopic (exact) mass is 219 g/mol. The Labute approximate surface area is 92.7 Å². The summed E-state index contributed by atoms with van der Waals surface area (Å²) in [6.45, 7) is 0. The van der Waals surface area contributed by atoms with Crippen LogP contribution in [0.1, 0.15) is 0 Å². The molecule has 1 N–H and O–H groups in total. The minimum Gasteiger partial charge on any atom is -0.388 e. The smallest absolute Gasteiger partial charge is 0.133 e. The Hall–Kier alpha value is -1.90. The highest BCUT2D eigenvalue weighted by Crippen LogP contribution is 2.27. The van der Waals surface area contributed by atoms with E-state index in [4.69, 9.17) is 0 Å². The van der Waals surface area contributed by atoms with E-state index < -0.39 is 11.6 Å². The van der Waals surface area contributed by atoms with Crippen LogP contribution in [-0.4, -0.2) is 7.05 Å². The third-order valence-corrected chi connectivity index (χ3v) is 2.42. The first-order chi connectivity index (χ1) is 7.72. The van der Waals surface area contributed by atoms with E-state index in [0.29, 0.717) is 5.69 Å². The van der Waals surface area contributed by atoms with E-state index in [9.17, 15) is 8.78 Å². The molecule has 1 nitrogen and oxygen atoms in total. The van der Waals surface area contributed by atoms with Crippen molar-refractivity contribution >= 4 is 5.69 Å². The number of hydrogen-bond acceptors (Lipinski definition) is 1. The second-order valence-electron chi connectivity index (χ2n) is 3.42. The molecule has 2 aromatic rings. The van der Waals surface area contributed by atoms with Gasteiger partial charge in [0.05, 0.1) is 0 Å². The molecule has 0 atom stereocenters. The predicted molar refractivity (Wildman–Crippen MR) is 61.3 cm³/mol. The molecule has 0 bridgehead atoms. The van der Waals surface area contributed by atoms with Crippen LogP contribution in [0.2, 0.25) is 0 Å². The van der Waals surface area contributed by atoms with Gasteiger partial charge in [0, 0.05) is 23.9 Å². The molecule has 0 spiro atoms. The highest BCUT2D eigenvalue weighted by atomic mass is 19.1. The molecule has 2 rings (SSSR count). The van der Waals surface area contributed by atoms with Crippen LogP contribution in [0.3, 0.4) is 0 Å². The molecule has 3 heteroatoms. The number of hydrogen-bond donors (Lipinski definition) is 1. The molecular weight excluding hydrogens is 208 g/mol. The van der Waals surface area contributed by atoms with Crippen molar-refractivity contribution in [3.8, 4) is 11.1 Å². The lowest BCUT2D eigenvalue weighted by atomic mass is 10.0. The van der Waals surface area contributed by atoms with Crippen LogP contribution in [-0.2, 0) is 0 Å². The van der Waals surface area contributed by atoms with E-state index in [2.05, 4.69) is 5.32 Å². The van der Waals surface area contributed by atoms with E-state index >= 15 is 0 Å². The molecule has 2 aromatic carbocycles. The first-order valence-corrected chi connectivity index (χ1v) is 4.94. The van der Waals surface area contributed by atoms with Gasteiger partial charge >= 0.3 is 0 Å². The lowest BCUT2D eigenvalue weighted by Gasteiger charge is -2.06. The van der Waals surface area contributed by atoms with Gasteiger partial charge in [-0.15, -0.1) is 0 Å². The summed E-state index contributed by atoms with van der Waals surface area (Å²) in [5.74, 6) is -0.851. The van der Waals surface area contributed by atoms with Gasteiger partial charge in [0.15, 0.2) is 0 Å². The number of halogens is 2. The fraction of sp³-hybridized carbons (Fsp3) is 0.0769. The highest BCUT2D eigenvalue weighted by Gasteiger charge is 2.09. The van der Waals surface area contributed by atoms with Gasteiger partial charge in [-0.1, -0.05) is 18.2 Å². The maximum atomic E-state index is 13.7. The Morgan fingerprint density at radius 2 is 1.56 bits per heavy atom. The molecule has 0 radical (unpaired) electrons. The van der Waals surface area contributed by atoms with Crippen molar-refractivity contribution in [1.29, 1.82) is 0 Å². The van der Waals surface area contributed by atoms with Crippen molar-refractivity contribution < 1.29 is 8.78 Å². The van der Waals surface area contributed by atoms with E-state index in [1.807, 2.05) is 0 Å². The quantitative estimate of drug-likeness (QED) is 0.812.